The summed E-state index contributed by atoms with van der Waals surface area (Å²) in [5.74, 6) is -0.287. The zero-order valence-electron chi connectivity index (χ0n) is 9.85. The summed E-state index contributed by atoms with van der Waals surface area (Å²) in [4.78, 5) is 12.7. The van der Waals surface area contributed by atoms with Gasteiger partial charge in [-0.3, -0.25) is 5.41 Å². The van der Waals surface area contributed by atoms with Gasteiger partial charge in [0.2, 0.25) is 0 Å². The Labute approximate surface area is 101 Å². The van der Waals surface area contributed by atoms with Crippen molar-refractivity contribution in [3.8, 4) is 0 Å². The van der Waals surface area contributed by atoms with E-state index in [-0.39, 0.29) is 12.6 Å². The molecule has 92 valence electrons. The largest absolute Gasteiger partial charge is 0.444 e. The Hall–Kier alpha value is -2.04. The second-order valence-electron chi connectivity index (χ2n) is 3.58. The first-order valence-electron chi connectivity index (χ1n) is 5.47. The third-order valence-corrected chi connectivity index (χ3v) is 2.16. The molecule has 0 aliphatic heterocycles. The quantitative estimate of drug-likeness (QED) is 0.618. The summed E-state index contributed by atoms with van der Waals surface area (Å²) >= 11 is 0. The van der Waals surface area contributed by atoms with E-state index in [2.05, 4.69) is 0 Å². The van der Waals surface area contributed by atoms with Crippen molar-refractivity contribution in [3.63, 3.8) is 0 Å². The van der Waals surface area contributed by atoms with Gasteiger partial charge in [-0.1, -0.05) is 37.3 Å². The van der Waals surface area contributed by atoms with E-state index >= 15 is 0 Å². The van der Waals surface area contributed by atoms with Gasteiger partial charge in [0.05, 0.1) is 0 Å². The van der Waals surface area contributed by atoms with Gasteiger partial charge in [0, 0.05) is 6.54 Å². The smallest absolute Gasteiger partial charge is 0.416 e. The minimum absolute atomic E-state index is 0.188. The summed E-state index contributed by atoms with van der Waals surface area (Å²) in [5.41, 5.74) is 6.20. The number of benzene rings is 1. The molecule has 0 atom stereocenters. The zero-order valence-corrected chi connectivity index (χ0v) is 9.85. The minimum atomic E-state index is -0.580. The number of hydrogen-bond donors (Lipinski definition) is 2. The number of nitrogens with zero attached hydrogens (tertiary/aromatic N) is 1. The van der Waals surface area contributed by atoms with Crippen LogP contribution in [0.25, 0.3) is 0 Å². The molecule has 0 heterocycles. The Kier molecular flexibility index (Phi) is 5.00. The van der Waals surface area contributed by atoms with Crippen molar-refractivity contribution in [3.05, 3.63) is 35.9 Å². The third kappa shape index (κ3) is 4.14. The van der Waals surface area contributed by atoms with E-state index in [1.54, 1.807) is 0 Å². The second kappa shape index (κ2) is 6.52. The summed E-state index contributed by atoms with van der Waals surface area (Å²) in [7, 11) is 0. The number of hydrogen-bond acceptors (Lipinski definition) is 3. The summed E-state index contributed by atoms with van der Waals surface area (Å²) in [6.07, 6.45) is 0.142. The highest BCUT2D eigenvalue weighted by Gasteiger charge is 2.16. The van der Waals surface area contributed by atoms with E-state index in [1.165, 1.54) is 0 Å². The van der Waals surface area contributed by atoms with Crippen molar-refractivity contribution < 1.29 is 9.53 Å². The lowest BCUT2D eigenvalue weighted by atomic mass is 10.2. The molecule has 17 heavy (non-hydrogen) atoms. The average molecular weight is 235 g/mol. The van der Waals surface area contributed by atoms with Gasteiger partial charge < -0.3 is 10.5 Å². The minimum Gasteiger partial charge on any atom is -0.444 e. The Morgan fingerprint density at radius 1 is 1.41 bits per heavy atom. The summed E-state index contributed by atoms with van der Waals surface area (Å²) in [5, 5.41) is 7.27. The van der Waals surface area contributed by atoms with Crippen LogP contribution in [0.1, 0.15) is 18.9 Å². The van der Waals surface area contributed by atoms with Crippen LogP contribution in [0.3, 0.4) is 0 Å². The monoisotopic (exact) mass is 235 g/mol. The maximum Gasteiger partial charge on any atom is 0.416 e. The van der Waals surface area contributed by atoms with Gasteiger partial charge in [0.15, 0.2) is 5.96 Å². The molecule has 1 aromatic carbocycles. The van der Waals surface area contributed by atoms with Crippen molar-refractivity contribution in [1.29, 1.82) is 5.41 Å². The molecule has 0 aliphatic rings. The Morgan fingerprint density at radius 3 is 2.59 bits per heavy atom. The molecule has 0 spiro atoms. The highest BCUT2D eigenvalue weighted by Crippen LogP contribution is 2.03. The standard InChI is InChI=1S/C12H17N3O2/c1-2-8-15(11(13)14)12(16)17-9-10-6-4-3-5-7-10/h3-7H,2,8-9H2,1H3,(H3,13,14). The number of ether oxygens (including phenoxy) is 1. The van der Waals surface area contributed by atoms with Gasteiger partial charge in [-0.25, -0.2) is 9.69 Å². The van der Waals surface area contributed by atoms with Crippen LogP contribution in [0.4, 0.5) is 4.79 Å². The van der Waals surface area contributed by atoms with Crippen molar-refractivity contribution in [2.24, 2.45) is 5.73 Å². The molecule has 1 amide bonds. The predicted octanol–water partition coefficient (Wildman–Crippen LogP) is 1.93. The molecular weight excluding hydrogens is 218 g/mol. The predicted molar refractivity (Wildman–Crippen MR) is 65.5 cm³/mol. The van der Waals surface area contributed by atoms with Gasteiger partial charge in [0.1, 0.15) is 6.61 Å². The van der Waals surface area contributed by atoms with Crippen LogP contribution < -0.4 is 5.73 Å². The lowest BCUT2D eigenvalue weighted by Gasteiger charge is -2.19. The maximum absolute atomic E-state index is 11.6. The number of guanidine groups is 1. The molecule has 0 saturated heterocycles. The van der Waals surface area contributed by atoms with Crippen LogP contribution in [-0.4, -0.2) is 23.5 Å². The van der Waals surface area contributed by atoms with E-state index in [9.17, 15) is 4.79 Å². The average Bonchev–Trinajstić information content (AvgIpc) is 2.34. The van der Waals surface area contributed by atoms with Gasteiger partial charge in [-0.05, 0) is 12.0 Å². The zero-order chi connectivity index (χ0) is 12.7. The van der Waals surface area contributed by atoms with Crippen LogP contribution in [0, 0.1) is 5.41 Å². The first kappa shape index (κ1) is 13.0. The Bertz CT molecular complexity index is 379. The molecule has 0 unspecified atom stereocenters. The van der Waals surface area contributed by atoms with Gasteiger partial charge in [-0.15, -0.1) is 0 Å². The molecule has 5 heteroatoms. The van der Waals surface area contributed by atoms with Crippen LogP contribution >= 0.6 is 0 Å². The number of nitrogens with two attached hydrogens (primary N) is 1. The molecule has 5 nitrogen and oxygen atoms in total. The Balaban J connectivity index is 2.50. The molecule has 1 aromatic rings. The molecule has 0 radical (unpaired) electrons. The van der Waals surface area contributed by atoms with E-state index in [0.29, 0.717) is 6.54 Å². The van der Waals surface area contributed by atoms with Crippen molar-refractivity contribution in [1.82, 2.24) is 4.90 Å². The van der Waals surface area contributed by atoms with Gasteiger partial charge in [0.25, 0.3) is 0 Å². The van der Waals surface area contributed by atoms with Crippen LogP contribution in [-0.2, 0) is 11.3 Å². The highest BCUT2D eigenvalue weighted by molar-refractivity contribution is 5.91. The first-order chi connectivity index (χ1) is 8.15. The number of carbonyl (C=O) groups excluding carboxylic acids is 1. The first-order valence-corrected chi connectivity index (χ1v) is 5.47. The lowest BCUT2D eigenvalue weighted by molar-refractivity contribution is 0.115. The third-order valence-electron chi connectivity index (χ3n) is 2.16. The van der Waals surface area contributed by atoms with Crippen LogP contribution in [0.15, 0.2) is 30.3 Å². The molecule has 0 saturated carbocycles. The molecule has 0 aromatic heterocycles. The number of nitrogens with one attached hydrogen (secondary N) is 1. The van der Waals surface area contributed by atoms with Crippen molar-refractivity contribution in [2.75, 3.05) is 6.54 Å². The van der Waals surface area contributed by atoms with Crippen LogP contribution in [0.5, 0.6) is 0 Å². The number of carbonyl (C=O) groups is 1. The SMILES string of the molecule is CCCN(C(=N)N)C(=O)OCc1ccccc1. The molecule has 0 bridgehead atoms. The van der Waals surface area contributed by atoms with Crippen LogP contribution in [0.2, 0.25) is 0 Å². The number of rotatable bonds is 4. The molecular formula is C12H17N3O2. The molecule has 1 rings (SSSR count). The molecule has 0 aliphatic carbocycles. The fourth-order valence-corrected chi connectivity index (χ4v) is 1.33. The van der Waals surface area contributed by atoms with E-state index < -0.39 is 6.09 Å². The van der Waals surface area contributed by atoms with E-state index in [1.807, 2.05) is 37.3 Å². The maximum atomic E-state index is 11.6. The van der Waals surface area contributed by atoms with Gasteiger partial charge in [-0.2, -0.15) is 0 Å². The fourth-order valence-electron chi connectivity index (χ4n) is 1.33. The summed E-state index contributed by atoms with van der Waals surface area (Å²) < 4.78 is 5.07. The molecule has 3 N–H and O–H groups in total. The van der Waals surface area contributed by atoms with E-state index in [4.69, 9.17) is 15.9 Å². The van der Waals surface area contributed by atoms with Crippen molar-refractivity contribution >= 4 is 12.1 Å². The summed E-state index contributed by atoms with van der Waals surface area (Å²) in [6.45, 7) is 2.48. The van der Waals surface area contributed by atoms with Gasteiger partial charge >= 0.3 is 6.09 Å². The van der Waals surface area contributed by atoms with E-state index in [0.717, 1.165) is 16.9 Å². The van der Waals surface area contributed by atoms with Crippen molar-refractivity contribution in [2.45, 2.75) is 20.0 Å². The summed E-state index contributed by atoms with van der Waals surface area (Å²) in [6, 6.07) is 9.37. The molecule has 0 fully saturated rings. The normalized spacial score (nSPS) is 9.71. The lowest BCUT2D eigenvalue weighted by Crippen LogP contribution is -2.41. The number of amides is 1. The topological polar surface area (TPSA) is 79.4 Å². The second-order valence-corrected chi connectivity index (χ2v) is 3.58. The fraction of sp³-hybridized carbons (Fsp3) is 0.333. The Morgan fingerprint density at radius 2 is 2.06 bits per heavy atom. The highest BCUT2D eigenvalue weighted by atomic mass is 16.6.